The van der Waals surface area contributed by atoms with Gasteiger partial charge in [0, 0.05) is 28.4 Å². The van der Waals surface area contributed by atoms with Gasteiger partial charge in [0.1, 0.15) is 0 Å². The van der Waals surface area contributed by atoms with Crippen LogP contribution in [0.5, 0.6) is 11.5 Å². The molecule has 0 radical (unpaired) electrons. The monoisotopic (exact) mass is 449 g/mol. The normalized spacial score (nSPS) is 10.6. The van der Waals surface area contributed by atoms with E-state index >= 15 is 0 Å². The molecule has 8 heteroatoms. The predicted octanol–water partition coefficient (Wildman–Crippen LogP) is 4.53. The second-order valence-corrected chi connectivity index (χ2v) is 6.76. The summed E-state index contributed by atoms with van der Waals surface area (Å²) in [4.78, 5) is 15.7. The molecule has 0 aromatic heterocycles. The number of phenolic OH excluding ortho intramolecular Hbond substituents is 1. The molecule has 0 spiro atoms. The highest BCUT2D eigenvalue weighted by Crippen LogP contribution is 2.33. The van der Waals surface area contributed by atoms with Crippen LogP contribution in [0.1, 0.15) is 25.8 Å². The van der Waals surface area contributed by atoms with Gasteiger partial charge < -0.3 is 20.5 Å². The van der Waals surface area contributed by atoms with E-state index in [4.69, 9.17) is 17.0 Å². The summed E-state index contributed by atoms with van der Waals surface area (Å²) >= 11 is 8.46. The number of aromatic hydroxyl groups is 1. The Bertz CT molecular complexity index is 854. The lowest BCUT2D eigenvalue weighted by atomic mass is 10.2. The van der Waals surface area contributed by atoms with Crippen molar-refractivity contribution in [2.75, 3.05) is 11.9 Å². The number of amides is 1. The van der Waals surface area contributed by atoms with Crippen molar-refractivity contribution in [2.45, 2.75) is 20.3 Å². The molecule has 0 aliphatic carbocycles. The van der Waals surface area contributed by atoms with Gasteiger partial charge in [-0.2, -0.15) is 0 Å². The molecule has 0 bridgehead atoms. The maximum absolute atomic E-state index is 11.3. The average molecular weight is 450 g/mol. The minimum atomic E-state index is -0.144. The van der Waals surface area contributed by atoms with Crippen LogP contribution in [-0.2, 0) is 4.79 Å². The van der Waals surface area contributed by atoms with Crippen molar-refractivity contribution < 1.29 is 14.6 Å². The first-order valence-electron chi connectivity index (χ1n) is 8.33. The Morgan fingerprint density at radius 2 is 2.00 bits per heavy atom. The lowest BCUT2D eigenvalue weighted by Crippen LogP contribution is -2.33. The number of carbonyl (C=O) groups is 1. The molecule has 1 amide bonds. The summed E-state index contributed by atoms with van der Waals surface area (Å²) in [7, 11) is 0. The Morgan fingerprint density at radius 1 is 1.30 bits per heavy atom. The number of hydrogen-bond acceptors (Lipinski definition) is 5. The Labute approximate surface area is 171 Å². The van der Waals surface area contributed by atoms with E-state index in [2.05, 4.69) is 31.6 Å². The highest BCUT2D eigenvalue weighted by molar-refractivity contribution is 9.10. The first-order valence-corrected chi connectivity index (χ1v) is 9.53. The predicted molar refractivity (Wildman–Crippen MR) is 115 cm³/mol. The fourth-order valence-electron chi connectivity index (χ4n) is 2.11. The van der Waals surface area contributed by atoms with Gasteiger partial charge in [0.05, 0.1) is 12.3 Å². The number of halogens is 1. The summed E-state index contributed by atoms with van der Waals surface area (Å²) in [5.74, 6) is 0.295. The number of nitrogens with zero attached hydrogens (tertiary/aromatic N) is 1. The van der Waals surface area contributed by atoms with Gasteiger partial charge in [0.15, 0.2) is 16.6 Å². The number of benzene rings is 2. The van der Waals surface area contributed by atoms with E-state index in [1.54, 1.807) is 49.5 Å². The molecule has 0 unspecified atom stereocenters. The zero-order valence-electron chi connectivity index (χ0n) is 15.0. The molecule has 142 valence electrons. The third-order valence-corrected chi connectivity index (χ3v) is 4.08. The molecule has 2 rings (SSSR count). The van der Waals surface area contributed by atoms with Crippen molar-refractivity contribution >= 4 is 56.8 Å². The van der Waals surface area contributed by atoms with Gasteiger partial charge in [0.2, 0.25) is 5.91 Å². The van der Waals surface area contributed by atoms with Crippen molar-refractivity contribution in [3.8, 4) is 11.5 Å². The Kier molecular flexibility index (Phi) is 7.75. The molecule has 0 saturated carbocycles. The lowest BCUT2D eigenvalue weighted by Gasteiger charge is -2.09. The average Bonchev–Trinajstić information content (AvgIpc) is 2.64. The summed E-state index contributed by atoms with van der Waals surface area (Å²) in [6.07, 6.45) is 1.93. The number of ether oxygens (including phenoxy) is 1. The quantitative estimate of drug-likeness (QED) is 0.445. The first kappa shape index (κ1) is 20.9. The van der Waals surface area contributed by atoms with Crippen LogP contribution in [0.15, 0.2) is 45.9 Å². The summed E-state index contributed by atoms with van der Waals surface area (Å²) in [6.45, 7) is 4.06. The van der Waals surface area contributed by atoms with Crippen LogP contribution >= 0.6 is 28.1 Å². The summed E-state index contributed by atoms with van der Waals surface area (Å²) in [6, 6.07) is 10.6. The van der Waals surface area contributed by atoms with Crippen LogP contribution < -0.4 is 15.4 Å². The number of rotatable bonds is 6. The van der Waals surface area contributed by atoms with Crippen molar-refractivity contribution in [3.63, 3.8) is 0 Å². The summed E-state index contributed by atoms with van der Waals surface area (Å²) < 4.78 is 6.19. The highest BCUT2D eigenvalue weighted by Gasteiger charge is 2.09. The van der Waals surface area contributed by atoms with Gasteiger partial charge in [-0.05, 0) is 55.5 Å². The van der Waals surface area contributed by atoms with Crippen LogP contribution in [0, 0.1) is 0 Å². The molecule has 27 heavy (non-hydrogen) atoms. The molecule has 0 saturated heterocycles. The van der Waals surface area contributed by atoms with Crippen LogP contribution in [0.2, 0.25) is 0 Å². The number of thiocarbonyl (C=S) groups is 1. The largest absolute Gasteiger partial charge is 0.504 e. The van der Waals surface area contributed by atoms with Gasteiger partial charge in [-0.1, -0.05) is 22.9 Å². The maximum atomic E-state index is 11.3. The minimum Gasteiger partial charge on any atom is -0.504 e. The van der Waals surface area contributed by atoms with Crippen LogP contribution in [0.25, 0.3) is 0 Å². The molecule has 0 aliphatic heterocycles. The molecular weight excluding hydrogens is 430 g/mol. The van der Waals surface area contributed by atoms with Gasteiger partial charge in [0.25, 0.3) is 0 Å². The summed E-state index contributed by atoms with van der Waals surface area (Å²) in [5, 5.41) is 16.0. The minimum absolute atomic E-state index is 0.0408. The molecule has 2 aromatic carbocycles. The first-order chi connectivity index (χ1) is 12.9. The van der Waals surface area contributed by atoms with E-state index in [1.165, 1.54) is 0 Å². The molecular formula is C19H20BrN3O3S. The van der Waals surface area contributed by atoms with E-state index < -0.39 is 0 Å². The van der Waals surface area contributed by atoms with Crippen molar-refractivity contribution in [3.05, 3.63) is 46.4 Å². The third kappa shape index (κ3) is 6.33. The fraction of sp³-hybridized carbons (Fsp3) is 0.211. The fourth-order valence-corrected chi connectivity index (χ4v) is 2.80. The van der Waals surface area contributed by atoms with Crippen LogP contribution in [0.3, 0.4) is 0 Å². The number of nitrogens with one attached hydrogen (secondary N) is 2. The molecule has 6 nitrogen and oxygen atoms in total. The molecule has 0 aliphatic rings. The zero-order valence-corrected chi connectivity index (χ0v) is 17.4. The topological polar surface area (TPSA) is 83.0 Å². The molecule has 0 fully saturated rings. The standard InChI is InChI=1S/C19H20BrN3O3S/c1-3-17(24)23-19(27)22-15-7-5-14(6-8-15)21-11-12-9-13(20)10-16(18(12)25)26-4-2/h5-11,25H,3-4H2,1-2H3,(H2,22,23,24,27). The van der Waals surface area contributed by atoms with E-state index in [0.717, 1.165) is 10.2 Å². The van der Waals surface area contributed by atoms with Crippen LogP contribution in [-0.4, -0.2) is 28.9 Å². The number of aliphatic imine (C=N–C) groups is 1. The Morgan fingerprint density at radius 3 is 2.63 bits per heavy atom. The second kappa shape index (κ2) is 10.0. The SMILES string of the molecule is CCOc1cc(Br)cc(C=Nc2ccc(NC(=S)NC(=O)CC)cc2)c1O. The number of anilines is 1. The zero-order chi connectivity index (χ0) is 19.8. The highest BCUT2D eigenvalue weighted by atomic mass is 79.9. The van der Waals surface area contributed by atoms with Crippen molar-refractivity contribution in [2.24, 2.45) is 4.99 Å². The van der Waals surface area contributed by atoms with Gasteiger partial charge in [-0.15, -0.1) is 0 Å². The van der Waals surface area contributed by atoms with E-state index in [1.807, 2.05) is 6.92 Å². The molecule has 2 aromatic rings. The molecule has 3 N–H and O–H groups in total. The summed E-state index contributed by atoms with van der Waals surface area (Å²) in [5.41, 5.74) is 1.97. The lowest BCUT2D eigenvalue weighted by molar-refractivity contribution is -0.119. The second-order valence-electron chi connectivity index (χ2n) is 5.44. The maximum Gasteiger partial charge on any atom is 0.225 e. The van der Waals surface area contributed by atoms with Gasteiger partial charge in [-0.3, -0.25) is 9.79 Å². The number of phenols is 1. The number of carbonyl (C=O) groups excluding carboxylic acids is 1. The Hall–Kier alpha value is -2.45. The smallest absolute Gasteiger partial charge is 0.225 e. The molecule has 0 atom stereocenters. The van der Waals surface area contributed by atoms with Gasteiger partial charge in [-0.25, -0.2) is 0 Å². The number of hydrogen-bond donors (Lipinski definition) is 3. The van der Waals surface area contributed by atoms with Crippen LogP contribution in [0.4, 0.5) is 11.4 Å². The van der Waals surface area contributed by atoms with E-state index in [0.29, 0.717) is 30.0 Å². The third-order valence-electron chi connectivity index (χ3n) is 3.42. The van der Waals surface area contributed by atoms with E-state index in [9.17, 15) is 9.90 Å². The Balaban J connectivity index is 2.08. The van der Waals surface area contributed by atoms with E-state index in [-0.39, 0.29) is 16.8 Å². The van der Waals surface area contributed by atoms with Crippen molar-refractivity contribution in [1.29, 1.82) is 0 Å². The molecule has 0 heterocycles. The van der Waals surface area contributed by atoms with Crippen molar-refractivity contribution in [1.82, 2.24) is 5.32 Å². The van der Waals surface area contributed by atoms with Gasteiger partial charge >= 0.3 is 0 Å².